The lowest BCUT2D eigenvalue weighted by atomic mass is 10.2. The lowest BCUT2D eigenvalue weighted by Crippen LogP contribution is -2.51. The summed E-state index contributed by atoms with van der Waals surface area (Å²) >= 11 is 6.04. The van der Waals surface area contributed by atoms with Gasteiger partial charge in [-0.2, -0.15) is 35.8 Å². The van der Waals surface area contributed by atoms with E-state index in [1.165, 1.54) is 15.8 Å². The number of hydrogen-bond acceptors (Lipinski definition) is 9. The Balaban J connectivity index is 1.30. The highest BCUT2D eigenvalue weighted by Gasteiger charge is 2.37. The second-order valence-corrected chi connectivity index (χ2v) is 13.0. The van der Waals surface area contributed by atoms with Crippen LogP contribution in [0.4, 0.5) is 37.7 Å². The smallest absolute Gasteiger partial charge is 0.419 e. The molecule has 20 heteroatoms. The summed E-state index contributed by atoms with van der Waals surface area (Å²) in [7, 11) is 0. The molecular formula is C36H32ClF6N9O4. The number of anilines is 2. The van der Waals surface area contributed by atoms with Crippen LogP contribution in [0.1, 0.15) is 45.8 Å². The molecule has 0 saturated carbocycles. The number of allylic oxidation sites excluding steroid dienone is 1. The average Bonchev–Trinajstić information content (AvgIpc) is 3.61. The zero-order valence-corrected chi connectivity index (χ0v) is 30.5. The topological polar surface area (TPSA) is 140 Å². The Labute approximate surface area is 319 Å². The van der Waals surface area contributed by atoms with Crippen molar-refractivity contribution in [2.45, 2.75) is 45.8 Å². The average molecular weight is 804 g/mol. The molecule has 294 valence electrons. The van der Waals surface area contributed by atoms with E-state index >= 15 is 0 Å². The minimum absolute atomic E-state index is 0.00806. The summed E-state index contributed by atoms with van der Waals surface area (Å²) in [6, 6.07) is 11.6. The SMILES string of the molecule is C=C(c1nc2n(CC(=O)Nc3ccc(C(F)(F)F)cc3Cl)c(CC)c(N3CCN(C(=O)c4ncnc(C)c4OCc4ccccc4)CC3)c(=O)n2n1)C(F)(F)F. The molecule has 1 fully saturated rings. The van der Waals surface area contributed by atoms with Crippen molar-refractivity contribution in [3.05, 3.63) is 111 Å². The molecule has 4 heterocycles. The van der Waals surface area contributed by atoms with Crippen LogP contribution in [0.5, 0.6) is 5.75 Å². The van der Waals surface area contributed by atoms with Crippen LogP contribution in [0.2, 0.25) is 5.02 Å². The molecule has 0 bridgehead atoms. The third-order valence-corrected chi connectivity index (χ3v) is 9.25. The molecule has 1 aliphatic rings. The predicted octanol–water partition coefficient (Wildman–Crippen LogP) is 5.98. The fourth-order valence-electron chi connectivity index (χ4n) is 6.11. The maximum absolute atomic E-state index is 14.1. The Morgan fingerprint density at radius 1 is 1.00 bits per heavy atom. The summed E-state index contributed by atoms with van der Waals surface area (Å²) < 4.78 is 88.4. The van der Waals surface area contributed by atoms with Gasteiger partial charge in [0.15, 0.2) is 17.3 Å². The van der Waals surface area contributed by atoms with Gasteiger partial charge in [-0.1, -0.05) is 55.4 Å². The molecule has 1 N–H and O–H groups in total. The third kappa shape index (κ3) is 8.17. The first-order valence-electron chi connectivity index (χ1n) is 17.0. The summed E-state index contributed by atoms with van der Waals surface area (Å²) in [5.41, 5.74) is -1.96. The molecule has 0 spiro atoms. The maximum Gasteiger partial charge on any atom is 0.419 e. The quantitative estimate of drug-likeness (QED) is 0.169. The summed E-state index contributed by atoms with van der Waals surface area (Å²) in [6.45, 7) is 6.18. The van der Waals surface area contributed by atoms with Crippen LogP contribution in [0.3, 0.4) is 0 Å². The van der Waals surface area contributed by atoms with E-state index in [4.69, 9.17) is 16.3 Å². The molecule has 3 aromatic heterocycles. The second kappa shape index (κ2) is 15.6. The van der Waals surface area contributed by atoms with Crippen LogP contribution in [0, 0.1) is 6.92 Å². The molecule has 0 aliphatic carbocycles. The van der Waals surface area contributed by atoms with Gasteiger partial charge in [0.05, 0.1) is 33.2 Å². The van der Waals surface area contributed by atoms with Gasteiger partial charge in [-0.15, -0.1) is 5.10 Å². The minimum Gasteiger partial charge on any atom is -0.485 e. The van der Waals surface area contributed by atoms with Gasteiger partial charge in [-0.3, -0.25) is 14.4 Å². The number of aryl methyl sites for hydroxylation is 1. The lowest BCUT2D eigenvalue weighted by molar-refractivity contribution is -0.137. The Morgan fingerprint density at radius 2 is 1.70 bits per heavy atom. The van der Waals surface area contributed by atoms with E-state index in [-0.39, 0.29) is 67.7 Å². The monoisotopic (exact) mass is 803 g/mol. The molecule has 56 heavy (non-hydrogen) atoms. The number of fused-ring (bicyclic) bond motifs is 1. The zero-order chi connectivity index (χ0) is 40.5. The maximum atomic E-state index is 14.1. The van der Waals surface area contributed by atoms with E-state index in [0.717, 1.165) is 17.7 Å². The molecular weight excluding hydrogens is 772 g/mol. The number of nitrogens with one attached hydrogen (secondary N) is 1. The first-order valence-corrected chi connectivity index (χ1v) is 17.3. The first-order chi connectivity index (χ1) is 26.5. The Morgan fingerprint density at radius 3 is 2.32 bits per heavy atom. The fraction of sp³-hybridized carbons (Fsp3) is 0.306. The molecule has 0 unspecified atom stereocenters. The summed E-state index contributed by atoms with van der Waals surface area (Å²) in [6.07, 6.45) is -8.33. The van der Waals surface area contributed by atoms with Crippen LogP contribution < -0.4 is 20.5 Å². The largest absolute Gasteiger partial charge is 0.485 e. The number of halogens is 7. The number of nitrogens with zero attached hydrogens (tertiary/aromatic N) is 8. The molecule has 1 saturated heterocycles. The highest BCUT2D eigenvalue weighted by molar-refractivity contribution is 6.33. The van der Waals surface area contributed by atoms with Crippen LogP contribution in [-0.4, -0.2) is 78.2 Å². The minimum atomic E-state index is -4.95. The van der Waals surface area contributed by atoms with Crippen molar-refractivity contribution >= 4 is 46.1 Å². The zero-order valence-electron chi connectivity index (χ0n) is 29.7. The summed E-state index contributed by atoms with van der Waals surface area (Å²) in [5, 5.41) is 5.82. The normalized spacial score (nSPS) is 13.6. The van der Waals surface area contributed by atoms with Crippen molar-refractivity contribution < 1.29 is 40.7 Å². The van der Waals surface area contributed by atoms with Crippen molar-refractivity contribution in [2.75, 3.05) is 36.4 Å². The number of alkyl halides is 6. The van der Waals surface area contributed by atoms with Crippen LogP contribution in [-0.2, 0) is 30.5 Å². The van der Waals surface area contributed by atoms with E-state index in [0.29, 0.717) is 16.3 Å². The van der Waals surface area contributed by atoms with Crippen molar-refractivity contribution in [3.8, 4) is 5.75 Å². The van der Waals surface area contributed by atoms with Gasteiger partial charge in [0.1, 0.15) is 25.2 Å². The standard InChI is InChI=1S/C36H32ClF6N9O4/c1-4-26-29(49-12-14-50(15-13-49)32(54)28-30(21(3)44-19-45-28)56-18-22-8-6-5-7-9-22)33(55)52-34(47-31(48-52)20(2)35(38,39)40)51(26)17-27(53)46-25-11-10-23(16-24(25)37)36(41,42)43/h5-11,16,19H,2,4,12-15,17-18H2,1,3H3,(H,46,53). The van der Waals surface area contributed by atoms with E-state index in [2.05, 4.69) is 31.9 Å². The van der Waals surface area contributed by atoms with Crippen LogP contribution in [0.25, 0.3) is 11.4 Å². The Kier molecular flexibility index (Phi) is 11.1. The number of rotatable bonds is 10. The van der Waals surface area contributed by atoms with E-state index in [1.807, 2.05) is 30.3 Å². The third-order valence-electron chi connectivity index (χ3n) is 8.94. The predicted molar refractivity (Wildman–Crippen MR) is 192 cm³/mol. The van der Waals surface area contributed by atoms with E-state index in [9.17, 15) is 40.7 Å². The van der Waals surface area contributed by atoms with Gasteiger partial charge < -0.3 is 24.4 Å². The molecule has 1 aliphatic heterocycles. The number of amides is 2. The summed E-state index contributed by atoms with van der Waals surface area (Å²) in [5.74, 6) is -2.41. The first kappa shape index (κ1) is 39.7. The molecule has 2 aromatic carbocycles. The highest BCUT2D eigenvalue weighted by Crippen LogP contribution is 2.34. The van der Waals surface area contributed by atoms with Crippen molar-refractivity contribution in [3.63, 3.8) is 0 Å². The lowest BCUT2D eigenvalue weighted by Gasteiger charge is -2.36. The molecule has 6 rings (SSSR count). The number of aromatic nitrogens is 6. The van der Waals surface area contributed by atoms with E-state index < -0.39 is 64.0 Å². The van der Waals surface area contributed by atoms with Gasteiger partial charge in [-0.25, -0.2) is 9.97 Å². The van der Waals surface area contributed by atoms with Gasteiger partial charge in [0.25, 0.3) is 11.5 Å². The van der Waals surface area contributed by atoms with E-state index in [1.54, 1.807) is 18.7 Å². The van der Waals surface area contributed by atoms with Gasteiger partial charge in [0.2, 0.25) is 11.7 Å². The van der Waals surface area contributed by atoms with Crippen molar-refractivity contribution in [2.24, 2.45) is 0 Å². The van der Waals surface area contributed by atoms with Gasteiger partial charge >= 0.3 is 12.4 Å². The molecule has 0 atom stereocenters. The van der Waals surface area contributed by atoms with Gasteiger partial charge in [0, 0.05) is 26.2 Å². The number of piperazine rings is 1. The molecule has 5 aromatic rings. The molecule has 0 radical (unpaired) electrons. The molecule has 13 nitrogen and oxygen atoms in total. The van der Waals surface area contributed by atoms with Gasteiger partial charge in [-0.05, 0) is 37.1 Å². The number of carbonyl (C=O) groups is 2. The number of carbonyl (C=O) groups excluding carboxylic acids is 2. The van der Waals surface area contributed by atoms with Crippen molar-refractivity contribution in [1.82, 2.24) is 34.0 Å². The van der Waals surface area contributed by atoms with Crippen molar-refractivity contribution in [1.29, 1.82) is 0 Å². The Hall–Kier alpha value is -5.98. The highest BCUT2D eigenvalue weighted by atomic mass is 35.5. The molecule has 2 amide bonds. The number of benzene rings is 2. The fourth-order valence-corrected chi connectivity index (χ4v) is 6.34. The number of ether oxygens (including phenoxy) is 1. The van der Waals surface area contributed by atoms with Crippen LogP contribution >= 0.6 is 11.6 Å². The summed E-state index contributed by atoms with van der Waals surface area (Å²) in [4.78, 5) is 56.7. The second-order valence-electron chi connectivity index (χ2n) is 12.6. The van der Waals surface area contributed by atoms with Crippen LogP contribution in [0.15, 0.2) is 66.2 Å². The number of hydrogen-bond donors (Lipinski definition) is 1. The Bertz CT molecular complexity index is 2370.